The van der Waals surface area contributed by atoms with Gasteiger partial charge in [0.05, 0.1) is 19.8 Å². The summed E-state index contributed by atoms with van der Waals surface area (Å²) in [5, 5.41) is 6.79. The van der Waals surface area contributed by atoms with Crippen molar-refractivity contribution in [3.63, 3.8) is 0 Å². The zero-order valence-corrected chi connectivity index (χ0v) is 16.4. The van der Waals surface area contributed by atoms with E-state index < -0.39 is 0 Å². The largest absolute Gasteiger partial charge is 0.381 e. The number of hydrogen-bond acceptors (Lipinski definition) is 4. The topological polar surface area (TPSA) is 58.1 Å². The molecule has 1 heterocycles. The van der Waals surface area contributed by atoms with Crippen LogP contribution in [0.25, 0.3) is 0 Å². The molecule has 1 saturated heterocycles. The molecule has 1 atom stereocenters. The fraction of sp³-hybridized carbons (Fsp3) is 0.947. The highest BCUT2D eigenvalue weighted by Crippen LogP contribution is 2.28. The SMILES string of the molecule is CCNC(=NCC(C(C)C)N1CCOCC1)NCCCOCC1CC1. The third-order valence-corrected chi connectivity index (χ3v) is 4.87. The van der Waals surface area contributed by atoms with Crippen LogP contribution in [0.2, 0.25) is 0 Å². The summed E-state index contributed by atoms with van der Waals surface area (Å²) >= 11 is 0. The third kappa shape index (κ3) is 8.38. The standard InChI is InChI=1S/C19H38N4O2/c1-4-20-19(21-8-5-11-25-15-17-6-7-17)22-14-18(16(2)3)23-9-12-24-13-10-23/h16-18H,4-15H2,1-3H3,(H2,20,21,22). The maximum absolute atomic E-state index is 5.69. The maximum atomic E-state index is 5.69. The Balaban J connectivity index is 1.71. The highest BCUT2D eigenvalue weighted by Gasteiger charge is 2.23. The zero-order chi connectivity index (χ0) is 17.9. The average Bonchev–Trinajstić information content (AvgIpc) is 3.43. The summed E-state index contributed by atoms with van der Waals surface area (Å²) in [7, 11) is 0. The molecule has 0 spiro atoms. The van der Waals surface area contributed by atoms with Gasteiger partial charge in [-0.1, -0.05) is 13.8 Å². The third-order valence-electron chi connectivity index (χ3n) is 4.87. The summed E-state index contributed by atoms with van der Waals surface area (Å²) < 4.78 is 11.2. The molecule has 2 rings (SSSR count). The lowest BCUT2D eigenvalue weighted by Crippen LogP contribution is -2.48. The van der Waals surface area contributed by atoms with Crippen LogP contribution in [0.15, 0.2) is 4.99 Å². The van der Waals surface area contributed by atoms with Gasteiger partial charge < -0.3 is 20.1 Å². The Labute approximate surface area is 153 Å². The van der Waals surface area contributed by atoms with Gasteiger partial charge in [0.15, 0.2) is 5.96 Å². The Morgan fingerprint density at radius 1 is 1.24 bits per heavy atom. The Bertz CT molecular complexity index is 380. The molecule has 6 heteroatoms. The molecule has 1 aliphatic carbocycles. The van der Waals surface area contributed by atoms with E-state index in [1.807, 2.05) is 0 Å². The smallest absolute Gasteiger partial charge is 0.191 e. The van der Waals surface area contributed by atoms with Crippen molar-refractivity contribution in [3.8, 4) is 0 Å². The van der Waals surface area contributed by atoms with E-state index in [4.69, 9.17) is 14.5 Å². The summed E-state index contributed by atoms with van der Waals surface area (Å²) in [5.41, 5.74) is 0. The minimum Gasteiger partial charge on any atom is -0.381 e. The molecule has 2 fully saturated rings. The van der Waals surface area contributed by atoms with Crippen molar-refractivity contribution in [2.24, 2.45) is 16.8 Å². The van der Waals surface area contributed by atoms with Gasteiger partial charge in [-0.05, 0) is 38.0 Å². The van der Waals surface area contributed by atoms with E-state index in [0.29, 0.717) is 12.0 Å². The fourth-order valence-electron chi connectivity index (χ4n) is 3.10. The lowest BCUT2D eigenvalue weighted by Gasteiger charge is -2.36. The number of nitrogens with one attached hydrogen (secondary N) is 2. The highest BCUT2D eigenvalue weighted by atomic mass is 16.5. The predicted molar refractivity (Wildman–Crippen MR) is 103 cm³/mol. The van der Waals surface area contributed by atoms with Crippen molar-refractivity contribution in [2.75, 3.05) is 59.2 Å². The quantitative estimate of drug-likeness (QED) is 0.336. The molecule has 2 aliphatic rings. The van der Waals surface area contributed by atoms with Crippen LogP contribution >= 0.6 is 0 Å². The summed E-state index contributed by atoms with van der Waals surface area (Å²) in [6.45, 7) is 14.8. The number of nitrogens with zero attached hydrogens (tertiary/aromatic N) is 2. The van der Waals surface area contributed by atoms with Gasteiger partial charge in [0, 0.05) is 45.4 Å². The van der Waals surface area contributed by atoms with Crippen LogP contribution in [0.4, 0.5) is 0 Å². The number of ether oxygens (including phenoxy) is 2. The second-order valence-corrected chi connectivity index (χ2v) is 7.48. The van der Waals surface area contributed by atoms with Gasteiger partial charge in [-0.2, -0.15) is 0 Å². The molecule has 1 aliphatic heterocycles. The van der Waals surface area contributed by atoms with Gasteiger partial charge in [-0.25, -0.2) is 0 Å². The van der Waals surface area contributed by atoms with Crippen molar-refractivity contribution in [1.29, 1.82) is 0 Å². The van der Waals surface area contributed by atoms with Crippen LogP contribution in [0, 0.1) is 11.8 Å². The van der Waals surface area contributed by atoms with E-state index in [1.54, 1.807) is 0 Å². The van der Waals surface area contributed by atoms with Gasteiger partial charge in [-0.3, -0.25) is 9.89 Å². The minimum absolute atomic E-state index is 0.473. The lowest BCUT2D eigenvalue weighted by atomic mass is 10.0. The molecule has 0 aromatic carbocycles. The number of rotatable bonds is 11. The first-order valence-corrected chi connectivity index (χ1v) is 10.1. The van der Waals surface area contributed by atoms with Gasteiger partial charge in [-0.15, -0.1) is 0 Å². The monoisotopic (exact) mass is 354 g/mol. The molecule has 146 valence electrons. The van der Waals surface area contributed by atoms with Crippen molar-refractivity contribution in [3.05, 3.63) is 0 Å². The average molecular weight is 355 g/mol. The van der Waals surface area contributed by atoms with E-state index >= 15 is 0 Å². The fourth-order valence-corrected chi connectivity index (χ4v) is 3.10. The van der Waals surface area contributed by atoms with Crippen LogP contribution < -0.4 is 10.6 Å². The molecular weight excluding hydrogens is 316 g/mol. The number of morpholine rings is 1. The Morgan fingerprint density at radius 3 is 2.64 bits per heavy atom. The van der Waals surface area contributed by atoms with Crippen molar-refractivity contribution in [1.82, 2.24) is 15.5 Å². The number of aliphatic imine (C=N–C) groups is 1. The summed E-state index contributed by atoms with van der Waals surface area (Å²) in [5.74, 6) is 2.35. The lowest BCUT2D eigenvalue weighted by molar-refractivity contribution is 0.00867. The van der Waals surface area contributed by atoms with Gasteiger partial charge in [0.1, 0.15) is 0 Å². The molecular formula is C19H38N4O2. The van der Waals surface area contributed by atoms with E-state index in [-0.39, 0.29) is 0 Å². The first-order chi connectivity index (χ1) is 12.2. The molecule has 25 heavy (non-hydrogen) atoms. The number of guanidine groups is 1. The molecule has 0 aromatic rings. The van der Waals surface area contributed by atoms with Gasteiger partial charge in [0.25, 0.3) is 0 Å². The van der Waals surface area contributed by atoms with Crippen molar-refractivity contribution < 1.29 is 9.47 Å². The summed E-state index contributed by atoms with van der Waals surface area (Å²) in [6, 6.07) is 0.473. The Morgan fingerprint density at radius 2 is 2.00 bits per heavy atom. The summed E-state index contributed by atoms with van der Waals surface area (Å²) in [4.78, 5) is 7.36. The molecule has 1 saturated carbocycles. The van der Waals surface area contributed by atoms with E-state index in [9.17, 15) is 0 Å². The molecule has 0 aromatic heterocycles. The molecule has 0 amide bonds. The Hall–Kier alpha value is -0.850. The molecule has 0 radical (unpaired) electrons. The van der Waals surface area contributed by atoms with Crippen LogP contribution in [0.3, 0.4) is 0 Å². The van der Waals surface area contributed by atoms with Crippen LogP contribution in [0.5, 0.6) is 0 Å². The zero-order valence-electron chi connectivity index (χ0n) is 16.4. The van der Waals surface area contributed by atoms with Crippen molar-refractivity contribution in [2.45, 2.75) is 46.1 Å². The van der Waals surface area contributed by atoms with E-state index in [0.717, 1.165) is 77.4 Å². The highest BCUT2D eigenvalue weighted by molar-refractivity contribution is 5.79. The molecule has 1 unspecified atom stereocenters. The van der Waals surface area contributed by atoms with E-state index in [1.165, 1.54) is 12.8 Å². The normalized spacial score (nSPS) is 20.7. The van der Waals surface area contributed by atoms with E-state index in [2.05, 4.69) is 36.3 Å². The first-order valence-electron chi connectivity index (χ1n) is 10.1. The molecule has 0 bridgehead atoms. The molecule has 2 N–H and O–H groups in total. The van der Waals surface area contributed by atoms with Crippen molar-refractivity contribution >= 4 is 5.96 Å². The van der Waals surface area contributed by atoms with Crippen LogP contribution in [0.1, 0.15) is 40.0 Å². The van der Waals surface area contributed by atoms with Crippen LogP contribution in [-0.2, 0) is 9.47 Å². The van der Waals surface area contributed by atoms with Gasteiger partial charge >= 0.3 is 0 Å². The predicted octanol–water partition coefficient (Wildman–Crippen LogP) is 1.72. The maximum Gasteiger partial charge on any atom is 0.191 e. The number of hydrogen-bond donors (Lipinski definition) is 2. The van der Waals surface area contributed by atoms with Gasteiger partial charge in [0.2, 0.25) is 0 Å². The Kier molecular flexibility index (Phi) is 9.58. The van der Waals surface area contributed by atoms with Crippen LogP contribution in [-0.4, -0.2) is 76.1 Å². The minimum atomic E-state index is 0.473. The second kappa shape index (κ2) is 11.7. The second-order valence-electron chi connectivity index (χ2n) is 7.48. The molecule has 6 nitrogen and oxygen atoms in total. The first kappa shape index (κ1) is 20.5. The summed E-state index contributed by atoms with van der Waals surface area (Å²) in [6.07, 6.45) is 3.74.